The zero-order chi connectivity index (χ0) is 84.6. The van der Waals surface area contributed by atoms with E-state index in [1.165, 1.54) is 35.1 Å². The smallest absolute Gasteiger partial charge is 0.264 e. The molecular formula is C97H121N9O10S3. The van der Waals surface area contributed by atoms with Crippen LogP contribution in [0.3, 0.4) is 0 Å². The molecule has 0 atom stereocenters. The average Bonchev–Trinajstić information content (AvgIpc) is 1.34. The van der Waals surface area contributed by atoms with Gasteiger partial charge in [-0.2, -0.15) is 8.42 Å². The van der Waals surface area contributed by atoms with Crippen LogP contribution in [0.1, 0.15) is 150 Å². The highest BCUT2D eigenvalue weighted by Gasteiger charge is 2.36. The lowest BCUT2D eigenvalue weighted by molar-refractivity contribution is -0.114. The van der Waals surface area contributed by atoms with Crippen molar-refractivity contribution in [1.82, 2.24) is 14.7 Å². The molecule has 5 N–H and O–H groups in total. The second-order valence-electron chi connectivity index (χ2n) is 32.1. The molecule has 0 radical (unpaired) electrons. The summed E-state index contributed by atoms with van der Waals surface area (Å²) in [6, 6.07) is 82.0. The fraction of sp³-hybridized carbons (Fsp3) is 0.371. The van der Waals surface area contributed by atoms with Gasteiger partial charge in [-0.3, -0.25) is 33.1 Å². The molecule has 3 heterocycles. The fourth-order valence-electron chi connectivity index (χ4n) is 15.9. The molecule has 119 heavy (non-hydrogen) atoms. The van der Waals surface area contributed by atoms with E-state index in [0.717, 1.165) is 195 Å². The summed E-state index contributed by atoms with van der Waals surface area (Å²) in [4.78, 5) is 26.4. The van der Waals surface area contributed by atoms with Crippen molar-refractivity contribution >= 4 is 104 Å². The third-order valence-corrected chi connectivity index (χ3v) is 25.4. The lowest BCUT2D eigenvalue weighted by Crippen LogP contribution is -2.48. The molecular weight excluding hydrogens is 1550 g/mol. The van der Waals surface area contributed by atoms with Crippen LogP contribution in [0, 0.1) is 0 Å². The molecule has 0 unspecified atom stereocenters. The Kier molecular flexibility index (Phi) is 32.5. The number of sulfonamides is 2. The highest BCUT2D eigenvalue weighted by molar-refractivity contribution is 7.93. The lowest BCUT2D eigenvalue weighted by atomic mass is 9.87. The molecule has 19 nitrogen and oxygen atoms in total. The number of aliphatic hydroxyl groups excluding tert-OH is 2. The Morgan fingerprint density at radius 3 is 0.908 bits per heavy atom. The van der Waals surface area contributed by atoms with E-state index in [4.69, 9.17) is 4.18 Å². The summed E-state index contributed by atoms with van der Waals surface area (Å²) in [5.74, 6) is -0.0822. The first-order valence-electron chi connectivity index (χ1n) is 42.0. The second-order valence-corrected chi connectivity index (χ2v) is 37.4. The number of nitrogens with one attached hydrogen (secondary N) is 3. The van der Waals surface area contributed by atoms with Gasteiger partial charge in [-0.05, 0) is 249 Å². The van der Waals surface area contributed by atoms with Gasteiger partial charge in [0.05, 0.1) is 24.4 Å². The number of aliphatic hydroxyl groups is 2. The van der Waals surface area contributed by atoms with Gasteiger partial charge in [0.25, 0.3) is 10.1 Å². The van der Waals surface area contributed by atoms with Gasteiger partial charge in [0.2, 0.25) is 26.0 Å². The first-order chi connectivity index (χ1) is 57.2. The second kappa shape index (κ2) is 43.0. The zero-order valence-corrected chi connectivity index (χ0v) is 73.1. The van der Waals surface area contributed by atoms with E-state index < -0.39 is 30.2 Å². The molecule has 1 aliphatic carbocycles. The van der Waals surface area contributed by atoms with Gasteiger partial charge in [0.15, 0.2) is 0 Å². The number of amides is 1. The molecule has 632 valence electrons. The van der Waals surface area contributed by atoms with Crippen LogP contribution in [0.25, 0.3) is 33.4 Å². The maximum atomic E-state index is 12.5. The molecule has 0 aromatic heterocycles. The van der Waals surface area contributed by atoms with E-state index in [2.05, 4.69) is 219 Å². The SMILES string of the molecule is CC(=O)Nc1ccc(/C(=C(\CCCO)c2ccccc2)c2ccc(N3CCN(C(C)C)CC3)cc2)cc1.CC(C)N1CCN(c2ccc(/C(=C(/CCCO)c3ccccc3)c3ccc(NS(=O)(=O)C4CC4)cc3)cc2)CC1.CC(C)N1CCN(c2ccc(/C(=C(/CCCOS(C)(=O)=O)c3ccccc3)c3ccc(NS(C)(=O)=O)cc3)cc2)CC1. The van der Waals surface area contributed by atoms with E-state index >= 15 is 0 Å². The van der Waals surface area contributed by atoms with Crippen LogP contribution >= 0.6 is 0 Å². The van der Waals surface area contributed by atoms with Crippen molar-refractivity contribution in [2.75, 3.05) is 140 Å². The first-order valence-corrected chi connectivity index (χ1v) is 47.2. The lowest BCUT2D eigenvalue weighted by Gasteiger charge is -2.38. The van der Waals surface area contributed by atoms with Gasteiger partial charge in [-0.1, -0.05) is 164 Å². The average molecular weight is 1670 g/mol. The predicted molar refractivity (Wildman–Crippen MR) is 493 cm³/mol. The molecule has 13 rings (SSSR count). The van der Waals surface area contributed by atoms with E-state index in [1.54, 1.807) is 12.1 Å². The number of carbonyl (C=O) groups is 1. The summed E-state index contributed by atoms with van der Waals surface area (Å²) < 4.78 is 82.0. The molecule has 3 aliphatic heterocycles. The van der Waals surface area contributed by atoms with Crippen LogP contribution in [0.5, 0.6) is 0 Å². The van der Waals surface area contributed by atoms with Gasteiger partial charge < -0.3 is 30.2 Å². The molecule has 3 saturated heterocycles. The summed E-state index contributed by atoms with van der Waals surface area (Å²) in [6.07, 6.45) is 7.58. The largest absolute Gasteiger partial charge is 0.396 e. The number of rotatable bonds is 32. The number of allylic oxidation sites excluding steroid dienone is 3. The molecule has 0 spiro atoms. The Bertz CT molecular complexity index is 5170. The first kappa shape index (κ1) is 90.1. The Labute approximate surface area is 708 Å². The van der Waals surface area contributed by atoms with Crippen molar-refractivity contribution in [1.29, 1.82) is 0 Å². The maximum absolute atomic E-state index is 12.5. The molecule has 22 heteroatoms. The van der Waals surface area contributed by atoms with Gasteiger partial charge in [-0.15, -0.1) is 0 Å². The number of nitrogens with zero attached hydrogens (tertiary/aromatic N) is 6. The molecule has 1 saturated carbocycles. The molecule has 4 aliphatic rings. The normalized spacial score (nSPS) is 15.9. The van der Waals surface area contributed by atoms with Gasteiger partial charge >= 0.3 is 0 Å². The number of carbonyl (C=O) groups excluding carboxylic acids is 1. The predicted octanol–water partition coefficient (Wildman–Crippen LogP) is 17.1. The molecule has 0 bridgehead atoms. The Hall–Kier alpha value is -9.72. The number of benzene rings is 9. The van der Waals surface area contributed by atoms with Crippen molar-refractivity contribution in [3.05, 3.63) is 287 Å². The molecule has 9 aromatic rings. The van der Waals surface area contributed by atoms with E-state index in [-0.39, 0.29) is 31.0 Å². The third-order valence-electron chi connectivity index (χ3n) is 22.4. The summed E-state index contributed by atoms with van der Waals surface area (Å²) in [6.45, 7) is 27.8. The highest BCUT2D eigenvalue weighted by Crippen LogP contribution is 2.41. The molecule has 9 aromatic carbocycles. The van der Waals surface area contributed by atoms with Crippen LogP contribution in [-0.4, -0.2) is 190 Å². The van der Waals surface area contributed by atoms with E-state index in [1.807, 2.05) is 91.0 Å². The topological polar surface area (TPSA) is 225 Å². The minimum absolute atomic E-state index is 0.0822. The van der Waals surface area contributed by atoms with E-state index in [0.29, 0.717) is 55.2 Å². The van der Waals surface area contributed by atoms with Crippen LogP contribution in [0.2, 0.25) is 0 Å². The van der Waals surface area contributed by atoms with Crippen molar-refractivity contribution in [3.8, 4) is 0 Å². The van der Waals surface area contributed by atoms with Crippen molar-refractivity contribution in [2.45, 2.75) is 123 Å². The summed E-state index contributed by atoms with van der Waals surface area (Å²) in [5.41, 5.74) is 21.8. The van der Waals surface area contributed by atoms with Crippen LogP contribution in [-0.2, 0) is 39.1 Å². The van der Waals surface area contributed by atoms with Crippen molar-refractivity contribution in [3.63, 3.8) is 0 Å². The number of hydrogen-bond donors (Lipinski definition) is 5. The minimum atomic E-state index is -3.53. The highest BCUT2D eigenvalue weighted by atomic mass is 32.2. The van der Waals surface area contributed by atoms with Crippen LogP contribution in [0.4, 0.5) is 34.1 Å². The number of piperazine rings is 3. The summed E-state index contributed by atoms with van der Waals surface area (Å²) in [5, 5.41) is 22.0. The van der Waals surface area contributed by atoms with Crippen molar-refractivity contribution in [2.24, 2.45) is 0 Å². The molecule has 4 fully saturated rings. The fourth-order valence-corrected chi connectivity index (χ4v) is 18.2. The zero-order valence-electron chi connectivity index (χ0n) is 70.7. The van der Waals surface area contributed by atoms with Gasteiger partial charge in [0, 0.05) is 151 Å². The van der Waals surface area contributed by atoms with Gasteiger partial charge in [-0.25, -0.2) is 16.8 Å². The maximum Gasteiger partial charge on any atom is 0.264 e. The van der Waals surface area contributed by atoms with E-state index in [9.17, 15) is 40.3 Å². The van der Waals surface area contributed by atoms with Crippen LogP contribution in [0.15, 0.2) is 237 Å². The minimum Gasteiger partial charge on any atom is -0.396 e. The third kappa shape index (κ3) is 26.4. The van der Waals surface area contributed by atoms with Gasteiger partial charge in [0.1, 0.15) is 0 Å². The monoisotopic (exact) mass is 1670 g/mol. The quantitative estimate of drug-likeness (QED) is 0.0150. The van der Waals surface area contributed by atoms with Crippen LogP contribution < -0.4 is 29.5 Å². The standard InChI is InChI=1S/C33H41N3O3S.C32H41N3O5S2.C32H39N3O2/c1-25(2)35-20-22-36(23-21-35)30-16-12-28(13-17-30)33(32(9-6-24-37)26-7-4-3-5-8-26)27-10-14-29(15-11-27)34-40(38,39)31-18-19-31;1-25(2)34-20-22-35(23-21-34)30-18-14-28(15-19-30)32(27-12-16-29(17-13-27)33-41(3,36)37)31(26-9-6-5-7-10-26)11-8-24-40-42(4,38)39;1-24(2)34-19-21-35(22-20-34)30-17-13-28(14-18-30)32(27-11-15-29(16-12-27)33-25(3)37)31(10-7-23-36)26-8-5-4-6-9-26/h3-5,7-8,10-17,25,31,34,37H,6,9,18-24H2,1-2H3;5-7,9-10,12-19,25,33H,8,11,20-24H2,1-4H3;4-6,8-9,11-18,24,36H,7,10,19-23H2,1-3H3,(H,33,37)/b33-32-;2*32-31-. The summed E-state index contributed by atoms with van der Waals surface area (Å²) in [7, 11) is -10.3. The Morgan fingerprint density at radius 2 is 0.647 bits per heavy atom. The van der Waals surface area contributed by atoms with Crippen molar-refractivity contribution < 1.29 is 44.4 Å². The Morgan fingerprint density at radius 1 is 0.370 bits per heavy atom. The Balaban J connectivity index is 0.000000175. The number of hydrogen-bond acceptors (Lipinski definition) is 16. The number of anilines is 6. The molecule has 1 amide bonds. The summed E-state index contributed by atoms with van der Waals surface area (Å²) >= 11 is 0.